The van der Waals surface area contributed by atoms with E-state index in [-0.39, 0.29) is 36.4 Å². The second-order valence-electron chi connectivity index (χ2n) is 6.58. The number of carboxylic acids is 1. The maximum absolute atomic E-state index is 12.5. The topological polar surface area (TPSA) is 101 Å². The number of nitrogens with one attached hydrogen (secondary N) is 1. The van der Waals surface area contributed by atoms with Crippen molar-refractivity contribution >= 4 is 22.8 Å². The number of carboxylic acid groups (broad SMARTS) is 1. The number of para-hydroxylation sites is 1. The van der Waals surface area contributed by atoms with E-state index in [1.807, 2.05) is 19.1 Å². The number of aromatic nitrogens is 2. The average molecular weight is 343 g/mol. The fraction of sp³-hybridized carbons (Fsp3) is 0.444. The lowest BCUT2D eigenvalue weighted by Crippen LogP contribution is -2.34. The lowest BCUT2D eigenvalue weighted by atomic mass is 10.1. The minimum absolute atomic E-state index is 0.0947. The molecule has 0 saturated heterocycles. The van der Waals surface area contributed by atoms with E-state index in [2.05, 4.69) is 10.3 Å². The molecule has 1 amide bonds. The van der Waals surface area contributed by atoms with Gasteiger partial charge in [-0.25, -0.2) is 4.98 Å². The molecular formula is C18H21N3O4. The van der Waals surface area contributed by atoms with Crippen LogP contribution in [-0.4, -0.2) is 32.6 Å². The van der Waals surface area contributed by atoms with Crippen molar-refractivity contribution in [2.24, 2.45) is 5.92 Å². The fourth-order valence-electron chi connectivity index (χ4n) is 3.36. The van der Waals surface area contributed by atoms with Crippen LogP contribution >= 0.6 is 0 Å². The predicted molar refractivity (Wildman–Crippen MR) is 92.3 cm³/mol. The zero-order chi connectivity index (χ0) is 18.0. The Bertz CT molecular complexity index is 874. The van der Waals surface area contributed by atoms with E-state index in [1.165, 1.54) is 10.9 Å². The highest BCUT2D eigenvalue weighted by Crippen LogP contribution is 2.25. The van der Waals surface area contributed by atoms with E-state index in [0.29, 0.717) is 30.2 Å². The summed E-state index contributed by atoms with van der Waals surface area (Å²) in [6.07, 6.45) is 3.37. The van der Waals surface area contributed by atoms with Crippen LogP contribution in [0.25, 0.3) is 10.9 Å². The monoisotopic (exact) mass is 343 g/mol. The van der Waals surface area contributed by atoms with Gasteiger partial charge in [0, 0.05) is 19.0 Å². The summed E-state index contributed by atoms with van der Waals surface area (Å²) in [5.74, 6) is -1.35. The van der Waals surface area contributed by atoms with E-state index in [1.54, 1.807) is 6.07 Å². The number of benzene rings is 1. The SMILES string of the molecule is Cc1cccc2c(=O)n(CCC(=O)N[C@@H]3CC[C@H](C(=O)O)C3)cnc12. The number of carbonyl (C=O) groups excluding carboxylic acids is 1. The number of aliphatic carboxylic acids is 1. The van der Waals surface area contributed by atoms with Crippen molar-refractivity contribution in [1.29, 1.82) is 0 Å². The van der Waals surface area contributed by atoms with Crippen LogP contribution in [0.2, 0.25) is 0 Å². The number of fused-ring (bicyclic) bond motifs is 1. The third-order valence-corrected chi connectivity index (χ3v) is 4.78. The zero-order valence-corrected chi connectivity index (χ0v) is 14.1. The van der Waals surface area contributed by atoms with Crippen LogP contribution in [0.5, 0.6) is 0 Å². The molecule has 0 spiro atoms. The first kappa shape index (κ1) is 17.1. The molecule has 0 aliphatic heterocycles. The molecule has 1 aromatic carbocycles. The van der Waals surface area contributed by atoms with Crippen molar-refractivity contribution < 1.29 is 14.7 Å². The molecule has 7 nitrogen and oxygen atoms in total. The Balaban J connectivity index is 1.61. The molecule has 0 bridgehead atoms. The van der Waals surface area contributed by atoms with Gasteiger partial charge in [0.15, 0.2) is 0 Å². The smallest absolute Gasteiger partial charge is 0.306 e. The summed E-state index contributed by atoms with van der Waals surface area (Å²) in [5, 5.41) is 12.4. The summed E-state index contributed by atoms with van der Waals surface area (Å²) in [4.78, 5) is 39.8. The molecule has 0 radical (unpaired) electrons. The van der Waals surface area contributed by atoms with Gasteiger partial charge in [0.2, 0.25) is 5.91 Å². The third-order valence-electron chi connectivity index (χ3n) is 4.78. The summed E-state index contributed by atoms with van der Waals surface area (Å²) in [6.45, 7) is 2.15. The summed E-state index contributed by atoms with van der Waals surface area (Å²) in [7, 11) is 0. The van der Waals surface area contributed by atoms with E-state index < -0.39 is 5.97 Å². The number of hydrogen-bond donors (Lipinski definition) is 2. The van der Waals surface area contributed by atoms with Gasteiger partial charge in [0.05, 0.1) is 23.1 Å². The van der Waals surface area contributed by atoms with Crippen molar-refractivity contribution in [2.45, 2.75) is 45.2 Å². The van der Waals surface area contributed by atoms with Gasteiger partial charge >= 0.3 is 5.97 Å². The highest BCUT2D eigenvalue weighted by atomic mass is 16.4. The molecule has 1 fully saturated rings. The van der Waals surface area contributed by atoms with Crippen LogP contribution in [0.3, 0.4) is 0 Å². The Morgan fingerprint density at radius 1 is 1.36 bits per heavy atom. The molecule has 1 aliphatic carbocycles. The molecule has 1 saturated carbocycles. The molecule has 1 aliphatic rings. The van der Waals surface area contributed by atoms with Gasteiger partial charge in [-0.15, -0.1) is 0 Å². The molecule has 2 N–H and O–H groups in total. The fourth-order valence-corrected chi connectivity index (χ4v) is 3.36. The number of aryl methyl sites for hydroxylation is 2. The highest BCUT2D eigenvalue weighted by Gasteiger charge is 2.30. The van der Waals surface area contributed by atoms with Crippen LogP contribution in [0.4, 0.5) is 0 Å². The van der Waals surface area contributed by atoms with Gasteiger partial charge in [0.25, 0.3) is 5.56 Å². The van der Waals surface area contributed by atoms with Gasteiger partial charge in [-0.1, -0.05) is 12.1 Å². The lowest BCUT2D eigenvalue weighted by Gasteiger charge is -2.13. The van der Waals surface area contributed by atoms with Crippen LogP contribution < -0.4 is 10.9 Å². The van der Waals surface area contributed by atoms with Crippen LogP contribution in [0.15, 0.2) is 29.3 Å². The number of nitrogens with zero attached hydrogens (tertiary/aromatic N) is 2. The second kappa shape index (κ2) is 7.04. The van der Waals surface area contributed by atoms with Gasteiger partial charge in [-0.3, -0.25) is 19.0 Å². The number of hydrogen-bond acceptors (Lipinski definition) is 4. The first-order valence-corrected chi connectivity index (χ1v) is 8.42. The maximum Gasteiger partial charge on any atom is 0.306 e. The summed E-state index contributed by atoms with van der Waals surface area (Å²) in [6, 6.07) is 5.36. The molecule has 2 atom stereocenters. The molecule has 25 heavy (non-hydrogen) atoms. The quantitative estimate of drug-likeness (QED) is 0.856. The molecular weight excluding hydrogens is 322 g/mol. The normalized spacial score (nSPS) is 19.9. The average Bonchev–Trinajstić information content (AvgIpc) is 3.04. The Morgan fingerprint density at radius 2 is 2.16 bits per heavy atom. The summed E-state index contributed by atoms with van der Waals surface area (Å²) < 4.78 is 1.44. The Kier molecular flexibility index (Phi) is 4.83. The van der Waals surface area contributed by atoms with Crippen molar-refractivity contribution in [1.82, 2.24) is 14.9 Å². The van der Waals surface area contributed by atoms with Crippen LogP contribution in [-0.2, 0) is 16.1 Å². The van der Waals surface area contributed by atoms with Crippen molar-refractivity contribution in [3.8, 4) is 0 Å². The minimum Gasteiger partial charge on any atom is -0.481 e. The van der Waals surface area contributed by atoms with Crippen LogP contribution in [0, 0.1) is 12.8 Å². The van der Waals surface area contributed by atoms with Crippen molar-refractivity contribution in [3.05, 3.63) is 40.4 Å². The van der Waals surface area contributed by atoms with E-state index in [4.69, 9.17) is 5.11 Å². The Morgan fingerprint density at radius 3 is 2.88 bits per heavy atom. The van der Waals surface area contributed by atoms with Gasteiger partial charge in [-0.2, -0.15) is 0 Å². The molecule has 7 heteroatoms. The third kappa shape index (κ3) is 3.70. The number of carbonyl (C=O) groups is 2. The second-order valence-corrected chi connectivity index (χ2v) is 6.58. The van der Waals surface area contributed by atoms with E-state index >= 15 is 0 Å². The van der Waals surface area contributed by atoms with E-state index in [0.717, 1.165) is 5.56 Å². The Labute approximate surface area is 144 Å². The summed E-state index contributed by atoms with van der Waals surface area (Å²) in [5.41, 5.74) is 1.46. The van der Waals surface area contributed by atoms with Gasteiger partial charge < -0.3 is 10.4 Å². The molecule has 2 aromatic rings. The Hall–Kier alpha value is -2.70. The van der Waals surface area contributed by atoms with Crippen molar-refractivity contribution in [3.63, 3.8) is 0 Å². The number of rotatable bonds is 5. The maximum atomic E-state index is 12.5. The zero-order valence-electron chi connectivity index (χ0n) is 14.1. The molecule has 3 rings (SSSR count). The predicted octanol–water partition coefficient (Wildman–Crippen LogP) is 1.46. The molecule has 132 valence electrons. The lowest BCUT2D eigenvalue weighted by molar-refractivity contribution is -0.141. The van der Waals surface area contributed by atoms with Crippen LogP contribution in [0.1, 0.15) is 31.2 Å². The minimum atomic E-state index is -0.805. The molecule has 1 heterocycles. The van der Waals surface area contributed by atoms with Crippen molar-refractivity contribution in [2.75, 3.05) is 0 Å². The number of amides is 1. The first-order chi connectivity index (χ1) is 12.0. The molecule has 1 aromatic heterocycles. The molecule has 0 unspecified atom stereocenters. The highest BCUT2D eigenvalue weighted by molar-refractivity contribution is 5.80. The van der Waals surface area contributed by atoms with Gasteiger partial charge in [0.1, 0.15) is 0 Å². The first-order valence-electron chi connectivity index (χ1n) is 8.42. The van der Waals surface area contributed by atoms with E-state index in [9.17, 15) is 14.4 Å². The largest absolute Gasteiger partial charge is 0.481 e. The summed E-state index contributed by atoms with van der Waals surface area (Å²) >= 11 is 0. The van der Waals surface area contributed by atoms with Gasteiger partial charge in [-0.05, 0) is 37.8 Å². The standard InChI is InChI=1S/C18H21N3O4/c1-11-3-2-4-14-16(11)19-10-21(17(14)23)8-7-15(22)20-13-6-5-12(9-13)18(24)25/h2-4,10,12-13H,5-9H2,1H3,(H,20,22)(H,24,25)/t12-,13+/m0/s1.